The highest BCUT2D eigenvalue weighted by molar-refractivity contribution is 6.10. The van der Waals surface area contributed by atoms with Gasteiger partial charge in [0.15, 0.2) is 0 Å². The normalized spacial score (nSPS) is 15.7. The van der Waals surface area contributed by atoms with E-state index in [1.807, 2.05) is 0 Å². The molecule has 51 heavy (non-hydrogen) atoms. The lowest BCUT2D eigenvalue weighted by molar-refractivity contribution is 0.645. The molecule has 0 heterocycles. The zero-order valence-electron chi connectivity index (χ0n) is 29.8. The molecule has 0 radical (unpaired) electrons. The number of anilines is 3. The van der Waals surface area contributed by atoms with Crippen LogP contribution in [-0.4, -0.2) is 0 Å². The van der Waals surface area contributed by atoms with Crippen LogP contribution in [0.25, 0.3) is 38.6 Å². The molecule has 0 amide bonds. The minimum atomic E-state index is -0.154. The number of para-hydroxylation sites is 1. The predicted octanol–water partition coefficient (Wildman–Crippen LogP) is 13.3. The standard InChI is InChI=1S/C50H41N/c1-49(2)43-28-24-34(38-21-12-15-32-14-8-9-19-37(32)38)30-41(43)48-46(29-25-33-16-13-23-44(49)47(33)48)51(35-17-6-5-7-18-35)36-26-27-40-39-20-10-11-22-42(39)50(3,4)45(40)31-36/h5-11,13-14,16-31H,12,15H2,1-4H3. The van der Waals surface area contributed by atoms with Crippen molar-refractivity contribution in [2.75, 3.05) is 4.90 Å². The van der Waals surface area contributed by atoms with Crippen LogP contribution in [0.4, 0.5) is 17.1 Å². The molecule has 0 aliphatic heterocycles. The van der Waals surface area contributed by atoms with Gasteiger partial charge < -0.3 is 4.90 Å². The minimum Gasteiger partial charge on any atom is -0.310 e. The summed E-state index contributed by atoms with van der Waals surface area (Å²) in [6.07, 6.45) is 4.62. The van der Waals surface area contributed by atoms with Crippen LogP contribution in [-0.2, 0) is 17.3 Å². The smallest absolute Gasteiger partial charge is 0.0546 e. The van der Waals surface area contributed by atoms with Crippen molar-refractivity contribution in [2.24, 2.45) is 0 Å². The molecule has 3 aliphatic rings. The summed E-state index contributed by atoms with van der Waals surface area (Å²) in [6.45, 7) is 9.55. The summed E-state index contributed by atoms with van der Waals surface area (Å²) in [6, 6.07) is 54.9. The van der Waals surface area contributed by atoms with Gasteiger partial charge in [-0.2, -0.15) is 0 Å². The average molecular weight is 656 g/mol. The lowest BCUT2D eigenvalue weighted by atomic mass is 9.67. The van der Waals surface area contributed by atoms with Crippen LogP contribution < -0.4 is 4.90 Å². The van der Waals surface area contributed by atoms with E-state index in [9.17, 15) is 0 Å². The second kappa shape index (κ2) is 10.9. The Labute approximate surface area is 301 Å². The average Bonchev–Trinajstić information content (AvgIpc) is 3.39. The molecular weight excluding hydrogens is 615 g/mol. The maximum atomic E-state index is 2.51. The van der Waals surface area contributed by atoms with Crippen molar-refractivity contribution in [1.82, 2.24) is 0 Å². The van der Waals surface area contributed by atoms with Crippen LogP contribution in [0.2, 0.25) is 0 Å². The molecule has 0 aromatic heterocycles. The molecule has 1 heteroatoms. The molecule has 0 saturated heterocycles. The summed E-state index contributed by atoms with van der Waals surface area (Å²) in [5, 5.41) is 2.65. The first-order chi connectivity index (χ1) is 24.8. The number of nitrogens with zero attached hydrogens (tertiary/aromatic N) is 1. The number of fused-ring (bicyclic) bond motifs is 6. The van der Waals surface area contributed by atoms with Gasteiger partial charge in [-0.1, -0.05) is 143 Å². The van der Waals surface area contributed by atoms with Crippen LogP contribution in [0.3, 0.4) is 0 Å². The van der Waals surface area contributed by atoms with Gasteiger partial charge in [0.25, 0.3) is 0 Å². The van der Waals surface area contributed by atoms with Crippen molar-refractivity contribution in [3.8, 4) is 22.3 Å². The topological polar surface area (TPSA) is 3.24 Å². The second-order valence-corrected chi connectivity index (χ2v) is 15.6. The summed E-state index contributed by atoms with van der Waals surface area (Å²) in [5.41, 5.74) is 19.6. The Balaban J connectivity index is 1.25. The third kappa shape index (κ3) is 4.34. The van der Waals surface area contributed by atoms with E-state index in [0.29, 0.717) is 0 Å². The van der Waals surface area contributed by atoms with Crippen LogP contribution in [0.1, 0.15) is 73.1 Å². The van der Waals surface area contributed by atoms with Crippen molar-refractivity contribution in [3.05, 3.63) is 191 Å². The zero-order valence-corrected chi connectivity index (χ0v) is 29.8. The van der Waals surface area contributed by atoms with Gasteiger partial charge in [0.05, 0.1) is 5.69 Å². The molecule has 7 aromatic rings. The Morgan fingerprint density at radius 3 is 2.06 bits per heavy atom. The quantitative estimate of drug-likeness (QED) is 0.182. The number of aryl methyl sites for hydroxylation is 1. The Morgan fingerprint density at radius 1 is 0.490 bits per heavy atom. The fourth-order valence-corrected chi connectivity index (χ4v) is 9.55. The van der Waals surface area contributed by atoms with Crippen molar-refractivity contribution in [3.63, 3.8) is 0 Å². The third-order valence-electron chi connectivity index (χ3n) is 12.1. The SMILES string of the molecule is CC1(C)c2ccccc2-c2ccc(N(c3ccccc3)c3ccc4cccc5c4c3-c3cc(C4=CCCc6ccccc64)ccc3C5(C)C)cc21. The van der Waals surface area contributed by atoms with Crippen LogP contribution in [0.15, 0.2) is 152 Å². The van der Waals surface area contributed by atoms with E-state index in [1.54, 1.807) is 0 Å². The molecule has 7 aromatic carbocycles. The fraction of sp³-hybridized carbons (Fsp3) is 0.160. The Hall–Kier alpha value is -5.66. The third-order valence-corrected chi connectivity index (χ3v) is 12.1. The summed E-state index contributed by atoms with van der Waals surface area (Å²) >= 11 is 0. The van der Waals surface area contributed by atoms with Crippen molar-refractivity contribution in [2.45, 2.75) is 51.4 Å². The van der Waals surface area contributed by atoms with Gasteiger partial charge in [-0.25, -0.2) is 0 Å². The maximum Gasteiger partial charge on any atom is 0.0546 e. The molecule has 246 valence electrons. The number of benzene rings is 7. The summed E-state index contributed by atoms with van der Waals surface area (Å²) in [5.74, 6) is 0. The van der Waals surface area contributed by atoms with Crippen LogP contribution in [0.5, 0.6) is 0 Å². The van der Waals surface area contributed by atoms with Gasteiger partial charge in [-0.3, -0.25) is 0 Å². The molecule has 3 aliphatic carbocycles. The molecule has 0 fully saturated rings. The molecule has 1 nitrogen and oxygen atoms in total. The Bertz CT molecular complexity index is 2580. The molecular formula is C50H41N. The molecule has 0 N–H and O–H groups in total. The molecule has 0 bridgehead atoms. The Kier molecular flexibility index (Phi) is 6.46. The molecule has 0 unspecified atom stereocenters. The number of hydrogen-bond acceptors (Lipinski definition) is 1. The number of allylic oxidation sites excluding steroid dienone is 1. The van der Waals surface area contributed by atoms with E-state index in [1.165, 1.54) is 88.9 Å². The molecule has 0 atom stereocenters. The Morgan fingerprint density at radius 2 is 1.20 bits per heavy atom. The summed E-state index contributed by atoms with van der Waals surface area (Å²) in [4.78, 5) is 2.51. The number of hydrogen-bond donors (Lipinski definition) is 0. The van der Waals surface area contributed by atoms with E-state index in [2.05, 4.69) is 184 Å². The van der Waals surface area contributed by atoms with E-state index in [0.717, 1.165) is 18.5 Å². The largest absolute Gasteiger partial charge is 0.310 e. The van der Waals surface area contributed by atoms with Gasteiger partial charge in [0.2, 0.25) is 0 Å². The first kappa shape index (κ1) is 30.2. The van der Waals surface area contributed by atoms with Gasteiger partial charge >= 0.3 is 0 Å². The lowest BCUT2D eigenvalue weighted by Gasteiger charge is -2.38. The first-order valence-corrected chi connectivity index (χ1v) is 18.4. The first-order valence-electron chi connectivity index (χ1n) is 18.4. The van der Waals surface area contributed by atoms with Gasteiger partial charge in [0.1, 0.15) is 0 Å². The zero-order chi connectivity index (χ0) is 34.5. The van der Waals surface area contributed by atoms with Crippen molar-refractivity contribution >= 4 is 33.4 Å². The van der Waals surface area contributed by atoms with E-state index >= 15 is 0 Å². The van der Waals surface area contributed by atoms with Gasteiger partial charge in [-0.05, 0) is 121 Å². The molecule has 10 rings (SSSR count). The molecule has 0 saturated carbocycles. The van der Waals surface area contributed by atoms with Crippen LogP contribution in [0, 0.1) is 0 Å². The molecule has 0 spiro atoms. The highest BCUT2D eigenvalue weighted by Gasteiger charge is 2.38. The predicted molar refractivity (Wildman–Crippen MR) is 216 cm³/mol. The second-order valence-electron chi connectivity index (χ2n) is 15.6. The number of rotatable bonds is 4. The van der Waals surface area contributed by atoms with Crippen molar-refractivity contribution < 1.29 is 0 Å². The van der Waals surface area contributed by atoms with Gasteiger partial charge in [0, 0.05) is 27.8 Å². The monoisotopic (exact) mass is 655 g/mol. The lowest BCUT2D eigenvalue weighted by Crippen LogP contribution is -2.25. The fourth-order valence-electron chi connectivity index (χ4n) is 9.55. The van der Waals surface area contributed by atoms with Crippen LogP contribution >= 0.6 is 0 Å². The van der Waals surface area contributed by atoms with Gasteiger partial charge in [-0.15, -0.1) is 0 Å². The highest BCUT2D eigenvalue weighted by Crippen LogP contribution is 2.56. The van der Waals surface area contributed by atoms with E-state index in [-0.39, 0.29) is 10.8 Å². The van der Waals surface area contributed by atoms with E-state index in [4.69, 9.17) is 0 Å². The minimum absolute atomic E-state index is 0.0926. The van der Waals surface area contributed by atoms with Crippen molar-refractivity contribution in [1.29, 1.82) is 0 Å². The highest BCUT2D eigenvalue weighted by atomic mass is 15.1. The summed E-state index contributed by atoms with van der Waals surface area (Å²) < 4.78 is 0. The maximum absolute atomic E-state index is 2.51. The van der Waals surface area contributed by atoms with E-state index < -0.39 is 0 Å². The summed E-state index contributed by atoms with van der Waals surface area (Å²) in [7, 11) is 0.